The number of aliphatic carboxylic acids is 1. The third-order valence-electron chi connectivity index (χ3n) is 3.73. The highest BCUT2D eigenvalue weighted by Gasteiger charge is 2.00. The van der Waals surface area contributed by atoms with Crippen LogP contribution in [0.15, 0.2) is 12.2 Å². The summed E-state index contributed by atoms with van der Waals surface area (Å²) < 4.78 is 0. The second-order valence-electron chi connectivity index (χ2n) is 6.18. The molecule has 0 rings (SSSR count). The molecule has 25 heavy (non-hydrogen) atoms. The van der Waals surface area contributed by atoms with Crippen molar-refractivity contribution in [2.24, 2.45) is 0 Å². The van der Waals surface area contributed by atoms with E-state index >= 15 is 0 Å². The highest BCUT2D eigenvalue weighted by Crippen LogP contribution is 2.12. The molecule has 0 saturated carbocycles. The molecule has 0 aromatic heterocycles. The average Bonchev–Trinajstić information content (AvgIpc) is 2.52. The van der Waals surface area contributed by atoms with Gasteiger partial charge in [-0.1, -0.05) is 64.0 Å². The van der Waals surface area contributed by atoms with Crippen LogP contribution in [0.3, 0.4) is 0 Å². The summed E-state index contributed by atoms with van der Waals surface area (Å²) in [5, 5.41) is 18.3. The molecule has 0 aliphatic rings. The Bertz CT molecular complexity index is 307. The molecule has 0 heterocycles. The third-order valence-corrected chi connectivity index (χ3v) is 3.73. The Labute approximate surface area is 153 Å². The van der Waals surface area contributed by atoms with E-state index in [0.29, 0.717) is 6.42 Å². The molecule has 0 spiro atoms. The molecule has 0 fully saturated rings. The molecule has 150 valence electrons. The summed E-state index contributed by atoms with van der Waals surface area (Å²) in [7, 11) is -2.62. The quantitative estimate of drug-likeness (QED) is 0.164. The zero-order valence-corrected chi connectivity index (χ0v) is 16.4. The van der Waals surface area contributed by atoms with Crippen LogP contribution in [0.25, 0.3) is 0 Å². The van der Waals surface area contributed by atoms with Crippen LogP contribution >= 0.6 is 8.60 Å². The Morgan fingerprint density at radius 1 is 0.920 bits per heavy atom. The lowest BCUT2D eigenvalue weighted by Crippen LogP contribution is -2.04. The average molecular weight is 380 g/mol. The van der Waals surface area contributed by atoms with Crippen LogP contribution in [-0.2, 0) is 4.79 Å². The van der Waals surface area contributed by atoms with Gasteiger partial charge in [0.1, 0.15) is 0 Å². The monoisotopic (exact) mass is 380 g/mol. The van der Waals surface area contributed by atoms with Crippen LogP contribution in [0.5, 0.6) is 0 Å². The van der Waals surface area contributed by atoms with Gasteiger partial charge >= 0.3 is 14.6 Å². The minimum absolute atomic E-state index is 0.172. The Kier molecular flexibility index (Phi) is 23.0. The summed E-state index contributed by atoms with van der Waals surface area (Å²) in [6.07, 6.45) is 17.4. The summed E-state index contributed by atoms with van der Waals surface area (Å²) in [5.74, 6) is -0.689. The first-order chi connectivity index (χ1) is 11.9. The molecule has 0 bridgehead atoms. The van der Waals surface area contributed by atoms with E-state index < -0.39 is 14.6 Å². The van der Waals surface area contributed by atoms with Gasteiger partial charge in [-0.05, 0) is 32.1 Å². The van der Waals surface area contributed by atoms with Gasteiger partial charge in [0, 0.05) is 6.42 Å². The molecule has 0 aliphatic carbocycles. The van der Waals surface area contributed by atoms with Gasteiger partial charge in [0.25, 0.3) is 0 Å². The largest absolute Gasteiger partial charge is 0.481 e. The molecule has 0 radical (unpaired) electrons. The molecule has 0 saturated heterocycles. The van der Waals surface area contributed by atoms with E-state index in [4.69, 9.17) is 19.8 Å². The summed E-state index contributed by atoms with van der Waals surface area (Å²) in [6, 6.07) is 0. The van der Waals surface area contributed by atoms with Gasteiger partial charge in [-0.25, -0.2) is 0 Å². The number of aliphatic hydroxyl groups excluding tert-OH is 1. The van der Waals surface area contributed by atoms with E-state index in [2.05, 4.69) is 19.1 Å². The minimum atomic E-state index is -2.62. The number of hydrogen-bond donors (Lipinski definition) is 5. The number of carboxylic acids is 1. The number of carbonyl (C=O) groups is 1. The number of hydrogen-bond acceptors (Lipinski definition) is 5. The Morgan fingerprint density at radius 2 is 1.48 bits per heavy atom. The highest BCUT2D eigenvalue weighted by atomic mass is 31.2. The van der Waals surface area contributed by atoms with Crippen LogP contribution in [0.1, 0.15) is 90.4 Å². The van der Waals surface area contributed by atoms with Crippen LogP contribution in [0.4, 0.5) is 0 Å². The van der Waals surface area contributed by atoms with Gasteiger partial charge in [0.15, 0.2) is 0 Å². The fourth-order valence-corrected chi connectivity index (χ4v) is 2.36. The lowest BCUT2D eigenvalue weighted by Gasteiger charge is -2.07. The minimum Gasteiger partial charge on any atom is -0.481 e. The first-order valence-corrected chi connectivity index (χ1v) is 10.5. The molecule has 5 N–H and O–H groups in total. The summed E-state index contributed by atoms with van der Waals surface area (Å²) in [6.45, 7) is 2.20. The van der Waals surface area contributed by atoms with Gasteiger partial charge in [-0.3, -0.25) is 4.79 Å². The van der Waals surface area contributed by atoms with Crippen LogP contribution in [0, 0.1) is 0 Å². The number of rotatable bonds is 15. The van der Waals surface area contributed by atoms with E-state index in [1.165, 1.54) is 25.7 Å². The van der Waals surface area contributed by atoms with Crippen molar-refractivity contribution in [2.75, 3.05) is 0 Å². The first-order valence-electron chi connectivity index (χ1n) is 9.31. The number of aliphatic hydroxyl groups is 1. The predicted molar refractivity (Wildman–Crippen MR) is 102 cm³/mol. The molecule has 0 aliphatic heterocycles. The van der Waals surface area contributed by atoms with Crippen molar-refractivity contribution < 1.29 is 29.7 Å². The molecule has 1 atom stereocenters. The predicted octanol–water partition coefficient (Wildman–Crippen LogP) is 4.27. The number of unbranched alkanes of at least 4 members (excludes halogenated alkanes) is 8. The topological polar surface area (TPSA) is 118 Å². The van der Waals surface area contributed by atoms with Gasteiger partial charge in [-0.15, -0.1) is 0 Å². The third kappa shape index (κ3) is 31.7. The van der Waals surface area contributed by atoms with Crippen molar-refractivity contribution in [2.45, 2.75) is 96.5 Å². The van der Waals surface area contributed by atoms with E-state index in [0.717, 1.165) is 51.4 Å². The SMILES string of the molecule is CCCCCCC(O)C/C=C\CCCCCCCC(=O)O.OP(O)O. The van der Waals surface area contributed by atoms with Gasteiger partial charge in [0.2, 0.25) is 0 Å². The lowest BCUT2D eigenvalue weighted by molar-refractivity contribution is -0.137. The zero-order chi connectivity index (χ0) is 19.3. The van der Waals surface area contributed by atoms with Crippen molar-refractivity contribution in [1.82, 2.24) is 0 Å². The molecular weight excluding hydrogens is 343 g/mol. The Morgan fingerprint density at radius 3 is 2.08 bits per heavy atom. The van der Waals surface area contributed by atoms with Gasteiger partial charge in [0.05, 0.1) is 6.10 Å². The Balaban J connectivity index is 0. The second-order valence-corrected chi connectivity index (χ2v) is 6.72. The van der Waals surface area contributed by atoms with Crippen LogP contribution < -0.4 is 0 Å². The van der Waals surface area contributed by atoms with Crippen molar-refractivity contribution >= 4 is 14.6 Å². The maximum Gasteiger partial charge on any atom is 0.324 e. The molecule has 0 aromatic carbocycles. The molecule has 0 aromatic rings. The summed E-state index contributed by atoms with van der Waals surface area (Å²) in [5.41, 5.74) is 0. The van der Waals surface area contributed by atoms with E-state index in [9.17, 15) is 9.90 Å². The fourth-order valence-electron chi connectivity index (χ4n) is 2.36. The summed E-state index contributed by atoms with van der Waals surface area (Å²) >= 11 is 0. The van der Waals surface area contributed by atoms with Crippen molar-refractivity contribution in [1.29, 1.82) is 0 Å². The number of carboxylic acid groups (broad SMARTS) is 1. The van der Waals surface area contributed by atoms with Gasteiger partial charge < -0.3 is 24.9 Å². The molecule has 0 amide bonds. The second kappa shape index (κ2) is 21.5. The van der Waals surface area contributed by atoms with Crippen molar-refractivity contribution in [3.05, 3.63) is 12.2 Å². The van der Waals surface area contributed by atoms with Crippen LogP contribution in [0.2, 0.25) is 0 Å². The number of allylic oxidation sites excluding steroid dienone is 1. The van der Waals surface area contributed by atoms with E-state index in [-0.39, 0.29) is 6.10 Å². The molecule has 6 nitrogen and oxygen atoms in total. The fraction of sp³-hybridized carbons (Fsp3) is 0.833. The molecular formula is C18H37O6P. The maximum absolute atomic E-state index is 10.3. The summed E-state index contributed by atoms with van der Waals surface area (Å²) in [4.78, 5) is 32.0. The van der Waals surface area contributed by atoms with Gasteiger partial charge in [-0.2, -0.15) is 0 Å². The zero-order valence-electron chi connectivity index (χ0n) is 15.5. The first kappa shape index (κ1) is 26.7. The Hall–Kier alpha value is -0.520. The lowest BCUT2D eigenvalue weighted by atomic mass is 10.1. The van der Waals surface area contributed by atoms with E-state index in [1.807, 2.05) is 0 Å². The normalized spacial score (nSPS) is 12.2. The van der Waals surface area contributed by atoms with E-state index in [1.54, 1.807) is 0 Å². The van der Waals surface area contributed by atoms with Crippen LogP contribution in [-0.4, -0.2) is 37.0 Å². The van der Waals surface area contributed by atoms with Crippen molar-refractivity contribution in [3.8, 4) is 0 Å². The highest BCUT2D eigenvalue weighted by molar-refractivity contribution is 7.38. The maximum atomic E-state index is 10.3. The molecule has 7 heteroatoms. The standard InChI is InChI=1S/C18H34O3.H3O3P/c1-2-3-4-11-14-17(19)15-12-9-7-5-6-8-10-13-16-18(20)21;1-4(2)3/h9,12,17,19H,2-8,10-11,13-16H2,1H3,(H,20,21);1-3H/b12-9-;. The molecule has 1 unspecified atom stereocenters. The smallest absolute Gasteiger partial charge is 0.324 e. The van der Waals surface area contributed by atoms with Crippen molar-refractivity contribution in [3.63, 3.8) is 0 Å².